The molecule has 168 valence electrons. The second-order valence-corrected chi connectivity index (χ2v) is 9.36. The molecule has 0 aromatic heterocycles. The lowest BCUT2D eigenvalue weighted by atomic mass is 9.97. The molecule has 31 heavy (non-hydrogen) atoms. The zero-order valence-electron chi connectivity index (χ0n) is 18.5. The fraction of sp³-hybridized carbons (Fsp3) is 0.625. The van der Waals surface area contributed by atoms with Crippen LogP contribution < -0.4 is 10.6 Å². The molecule has 1 aromatic carbocycles. The first-order chi connectivity index (χ1) is 14.9. The van der Waals surface area contributed by atoms with Crippen LogP contribution >= 0.6 is 0 Å². The van der Waals surface area contributed by atoms with Crippen molar-refractivity contribution in [1.82, 2.24) is 15.5 Å². The molecule has 4 rings (SSSR count). The Morgan fingerprint density at radius 2 is 1.94 bits per heavy atom. The zero-order chi connectivity index (χ0) is 22.0. The van der Waals surface area contributed by atoms with Crippen molar-refractivity contribution < 1.29 is 19.1 Å². The maximum atomic E-state index is 13.0. The van der Waals surface area contributed by atoms with Gasteiger partial charge in [-0.25, -0.2) is 0 Å². The van der Waals surface area contributed by atoms with Gasteiger partial charge in [-0.2, -0.15) is 0 Å². The number of rotatable bonds is 4. The van der Waals surface area contributed by atoms with Crippen LogP contribution in [0.25, 0.3) is 0 Å². The predicted molar refractivity (Wildman–Crippen MR) is 116 cm³/mol. The Morgan fingerprint density at radius 3 is 2.71 bits per heavy atom. The van der Waals surface area contributed by atoms with Crippen LogP contribution in [0.5, 0.6) is 0 Å². The topological polar surface area (TPSA) is 87.7 Å². The van der Waals surface area contributed by atoms with Crippen LogP contribution in [0, 0.1) is 31.6 Å². The molecular weight excluding hydrogens is 394 g/mol. The molecule has 0 radical (unpaired) electrons. The van der Waals surface area contributed by atoms with E-state index in [9.17, 15) is 14.4 Å². The minimum atomic E-state index is -0.140. The summed E-state index contributed by atoms with van der Waals surface area (Å²) in [5.74, 6) is -0.113. The van der Waals surface area contributed by atoms with E-state index >= 15 is 0 Å². The summed E-state index contributed by atoms with van der Waals surface area (Å²) in [4.78, 5) is 40.0. The average Bonchev–Trinajstić information content (AvgIpc) is 3.08. The molecule has 2 heterocycles. The van der Waals surface area contributed by atoms with E-state index in [0.717, 1.165) is 11.1 Å². The van der Waals surface area contributed by atoms with Crippen LogP contribution in [0.15, 0.2) is 18.2 Å². The highest BCUT2D eigenvalue weighted by Gasteiger charge is 2.42. The molecule has 1 aromatic rings. The van der Waals surface area contributed by atoms with Crippen LogP contribution in [-0.2, 0) is 25.7 Å². The van der Waals surface area contributed by atoms with E-state index in [0.29, 0.717) is 52.0 Å². The first-order valence-electron chi connectivity index (χ1n) is 11.4. The van der Waals surface area contributed by atoms with Gasteiger partial charge in [0.1, 0.15) is 0 Å². The Bertz CT molecular complexity index is 849. The smallest absolute Gasteiger partial charge is 0.239 e. The molecule has 1 saturated carbocycles. The maximum Gasteiger partial charge on any atom is 0.239 e. The fourth-order valence-corrected chi connectivity index (χ4v) is 5.18. The van der Waals surface area contributed by atoms with E-state index in [1.54, 1.807) is 4.90 Å². The van der Waals surface area contributed by atoms with Gasteiger partial charge in [0.15, 0.2) is 0 Å². The number of ether oxygens (including phenoxy) is 1. The molecule has 7 heteroatoms. The molecule has 3 amide bonds. The van der Waals surface area contributed by atoms with Gasteiger partial charge < -0.3 is 20.3 Å². The summed E-state index contributed by atoms with van der Waals surface area (Å²) in [7, 11) is 0. The van der Waals surface area contributed by atoms with Gasteiger partial charge in [0.05, 0.1) is 6.54 Å². The number of amides is 3. The van der Waals surface area contributed by atoms with E-state index in [2.05, 4.69) is 28.8 Å². The molecule has 0 spiro atoms. The lowest BCUT2D eigenvalue weighted by Gasteiger charge is -2.29. The number of benzene rings is 1. The van der Waals surface area contributed by atoms with E-state index in [4.69, 9.17) is 4.74 Å². The van der Waals surface area contributed by atoms with Crippen molar-refractivity contribution in [1.29, 1.82) is 0 Å². The standard InChI is InChI=1S/C24H33N3O4/c1-15-3-4-16(2)19(9-15)12-25-23(29)18-10-20-13-27(14-22(28)26-21(20)11-18)24(30)17-5-7-31-8-6-17/h3-4,9,17-18,20-21H,5-8,10-14H2,1-2H3,(H,25,29)(H,26,28)/t18-,20+,21+/m0/s1. The Balaban J connectivity index is 1.36. The summed E-state index contributed by atoms with van der Waals surface area (Å²) in [6.07, 6.45) is 2.76. The third-order valence-electron chi connectivity index (χ3n) is 7.04. The molecule has 7 nitrogen and oxygen atoms in total. The molecule has 3 aliphatic rings. The third kappa shape index (κ3) is 5.09. The Kier molecular flexibility index (Phi) is 6.60. The number of hydrogen-bond acceptors (Lipinski definition) is 4. The molecular formula is C24H33N3O4. The van der Waals surface area contributed by atoms with E-state index in [1.165, 1.54) is 5.56 Å². The first-order valence-corrected chi connectivity index (χ1v) is 11.4. The summed E-state index contributed by atoms with van der Waals surface area (Å²) in [6.45, 7) is 6.47. The van der Waals surface area contributed by atoms with Gasteiger partial charge >= 0.3 is 0 Å². The quantitative estimate of drug-likeness (QED) is 0.766. The summed E-state index contributed by atoms with van der Waals surface area (Å²) in [5.41, 5.74) is 3.47. The highest BCUT2D eigenvalue weighted by molar-refractivity contribution is 5.87. The minimum Gasteiger partial charge on any atom is -0.381 e. The van der Waals surface area contributed by atoms with Gasteiger partial charge in [-0.15, -0.1) is 0 Å². The molecule has 0 bridgehead atoms. The molecule has 2 saturated heterocycles. The lowest BCUT2D eigenvalue weighted by molar-refractivity contribution is -0.141. The monoisotopic (exact) mass is 427 g/mol. The van der Waals surface area contributed by atoms with Crippen molar-refractivity contribution in [2.45, 2.75) is 52.1 Å². The molecule has 0 unspecified atom stereocenters. The van der Waals surface area contributed by atoms with Gasteiger partial charge in [0.2, 0.25) is 17.7 Å². The zero-order valence-corrected chi connectivity index (χ0v) is 18.5. The second kappa shape index (κ2) is 9.39. The lowest BCUT2D eigenvalue weighted by Crippen LogP contribution is -2.43. The predicted octanol–water partition coefficient (Wildman–Crippen LogP) is 1.70. The second-order valence-electron chi connectivity index (χ2n) is 9.36. The molecule has 2 aliphatic heterocycles. The fourth-order valence-electron chi connectivity index (χ4n) is 5.18. The number of nitrogens with zero attached hydrogens (tertiary/aromatic N) is 1. The number of hydrogen-bond donors (Lipinski definition) is 2. The maximum absolute atomic E-state index is 13.0. The van der Waals surface area contributed by atoms with Crippen molar-refractivity contribution in [3.8, 4) is 0 Å². The molecule has 3 fully saturated rings. The van der Waals surface area contributed by atoms with Gasteiger partial charge in [0.25, 0.3) is 0 Å². The van der Waals surface area contributed by atoms with Gasteiger partial charge in [-0.3, -0.25) is 14.4 Å². The largest absolute Gasteiger partial charge is 0.381 e. The van der Waals surface area contributed by atoms with Gasteiger partial charge in [-0.05, 0) is 56.6 Å². The Morgan fingerprint density at radius 1 is 1.16 bits per heavy atom. The van der Waals surface area contributed by atoms with Crippen LogP contribution in [0.4, 0.5) is 0 Å². The van der Waals surface area contributed by atoms with Crippen molar-refractivity contribution >= 4 is 17.7 Å². The van der Waals surface area contributed by atoms with E-state index in [1.807, 2.05) is 13.8 Å². The first kappa shape index (κ1) is 21.8. The molecule has 3 atom stereocenters. The van der Waals surface area contributed by atoms with Gasteiger partial charge in [-0.1, -0.05) is 23.8 Å². The number of carbonyl (C=O) groups is 3. The molecule has 1 aliphatic carbocycles. The van der Waals surface area contributed by atoms with Gasteiger partial charge in [0, 0.05) is 44.2 Å². The summed E-state index contributed by atoms with van der Waals surface area (Å²) in [6, 6.07) is 6.20. The minimum absolute atomic E-state index is 0.0329. The summed E-state index contributed by atoms with van der Waals surface area (Å²) < 4.78 is 5.37. The Hall–Kier alpha value is -2.41. The SMILES string of the molecule is Cc1ccc(C)c(CNC(=O)[C@H]2C[C@@H]3CN(C(=O)C4CCOCC4)CC(=O)N[C@@H]3C2)c1. The van der Waals surface area contributed by atoms with Crippen molar-refractivity contribution in [3.63, 3.8) is 0 Å². The van der Waals surface area contributed by atoms with Crippen molar-refractivity contribution in [2.24, 2.45) is 17.8 Å². The van der Waals surface area contributed by atoms with Crippen LogP contribution in [-0.4, -0.2) is 55.0 Å². The van der Waals surface area contributed by atoms with Crippen LogP contribution in [0.1, 0.15) is 42.4 Å². The highest BCUT2D eigenvalue weighted by atomic mass is 16.5. The Labute approximate surface area is 183 Å². The van der Waals surface area contributed by atoms with Crippen LogP contribution in [0.2, 0.25) is 0 Å². The number of carbonyl (C=O) groups excluding carboxylic acids is 3. The number of aryl methyl sites for hydroxylation is 2. The summed E-state index contributed by atoms with van der Waals surface area (Å²) >= 11 is 0. The highest BCUT2D eigenvalue weighted by Crippen LogP contribution is 2.34. The van der Waals surface area contributed by atoms with Crippen molar-refractivity contribution in [3.05, 3.63) is 34.9 Å². The van der Waals surface area contributed by atoms with Crippen LogP contribution in [0.3, 0.4) is 0 Å². The normalized spacial score (nSPS) is 26.7. The van der Waals surface area contributed by atoms with Crippen molar-refractivity contribution in [2.75, 3.05) is 26.3 Å². The molecule has 2 N–H and O–H groups in total. The number of nitrogens with one attached hydrogen (secondary N) is 2. The third-order valence-corrected chi connectivity index (χ3v) is 7.04. The average molecular weight is 428 g/mol. The van der Waals surface area contributed by atoms with E-state index in [-0.39, 0.29) is 48.1 Å². The summed E-state index contributed by atoms with van der Waals surface area (Å²) in [5, 5.41) is 6.15. The van der Waals surface area contributed by atoms with E-state index < -0.39 is 0 Å². The number of fused-ring (bicyclic) bond motifs is 1.